The highest BCUT2D eigenvalue weighted by atomic mass is 32.1. The molecule has 0 saturated heterocycles. The van der Waals surface area contributed by atoms with Crippen molar-refractivity contribution >= 4 is 34.7 Å². The van der Waals surface area contributed by atoms with E-state index in [0.717, 1.165) is 10.6 Å². The zero-order valence-electron chi connectivity index (χ0n) is 11.0. The zero-order chi connectivity index (χ0) is 14.4. The minimum Gasteiger partial charge on any atom is -0.369 e. The average molecular weight is 301 g/mol. The van der Waals surface area contributed by atoms with Gasteiger partial charge in [0.05, 0.1) is 0 Å². The summed E-state index contributed by atoms with van der Waals surface area (Å²) in [7, 11) is -2.97. The van der Waals surface area contributed by atoms with E-state index in [2.05, 4.69) is 11.9 Å². The molecule has 102 valence electrons. The van der Waals surface area contributed by atoms with Gasteiger partial charge in [-0.25, -0.2) is 0 Å². The number of benzene rings is 2. The molecule has 2 aromatic carbocycles. The van der Waals surface area contributed by atoms with Gasteiger partial charge in [-0.2, -0.15) is 0 Å². The van der Waals surface area contributed by atoms with Crippen LogP contribution in [0, 0.1) is 0 Å². The van der Waals surface area contributed by atoms with Crippen LogP contribution in [0.5, 0.6) is 0 Å². The lowest BCUT2D eigenvalue weighted by atomic mass is 10.4. The fourth-order valence-corrected chi connectivity index (χ4v) is 4.91. The average Bonchev–Trinajstić information content (AvgIpc) is 2.53. The van der Waals surface area contributed by atoms with Crippen molar-refractivity contribution in [2.75, 3.05) is 6.54 Å². The summed E-state index contributed by atoms with van der Waals surface area (Å²) in [5.74, 6) is 0. The highest BCUT2D eigenvalue weighted by Crippen LogP contribution is 2.44. The Balaban J connectivity index is 2.52. The van der Waals surface area contributed by atoms with Crippen LogP contribution in [-0.4, -0.2) is 11.3 Å². The summed E-state index contributed by atoms with van der Waals surface area (Å²) in [6.07, 6.45) is 1.70. The van der Waals surface area contributed by atoms with Gasteiger partial charge >= 0.3 is 0 Å². The van der Waals surface area contributed by atoms with Crippen LogP contribution >= 0.6 is 19.4 Å². The Kier molecular flexibility index (Phi) is 4.89. The molecule has 2 rings (SSSR count). The predicted molar refractivity (Wildman–Crippen MR) is 90.6 cm³/mol. The molecular weight excluding hydrogens is 285 g/mol. The maximum Gasteiger partial charge on any atom is 0.196 e. The summed E-state index contributed by atoms with van der Waals surface area (Å²) < 4.78 is 14.0. The Morgan fingerprint density at radius 2 is 1.50 bits per heavy atom. The van der Waals surface area contributed by atoms with Crippen molar-refractivity contribution in [1.29, 1.82) is 0 Å². The van der Waals surface area contributed by atoms with E-state index in [4.69, 9.17) is 12.2 Å². The molecule has 0 aromatic heterocycles. The van der Waals surface area contributed by atoms with Gasteiger partial charge in [0.2, 0.25) is 0 Å². The van der Waals surface area contributed by atoms with Crippen LogP contribution in [0.3, 0.4) is 0 Å². The predicted octanol–water partition coefficient (Wildman–Crippen LogP) is 3.06. The van der Waals surface area contributed by atoms with E-state index in [-0.39, 0.29) is 0 Å². The Labute approximate surface area is 124 Å². The quantitative estimate of drug-likeness (QED) is 0.523. The van der Waals surface area contributed by atoms with Gasteiger partial charge in [0.25, 0.3) is 0 Å². The normalized spacial score (nSPS) is 10.8. The maximum atomic E-state index is 13.6. The van der Waals surface area contributed by atoms with Crippen molar-refractivity contribution in [3.63, 3.8) is 0 Å². The first-order valence-electron chi connectivity index (χ1n) is 6.30. The minimum absolute atomic E-state index is 0.370. The standard InChI is InChI=1S/C16H16NOPS/c1-2-13-17-16(20)19(18,14-9-5-3-6-10-14)15-11-7-4-8-12-15/h2-12H,1,13H2,(H,17,20). The maximum absolute atomic E-state index is 13.6. The van der Waals surface area contributed by atoms with Crippen molar-refractivity contribution in [1.82, 2.24) is 5.32 Å². The van der Waals surface area contributed by atoms with E-state index in [1.807, 2.05) is 60.7 Å². The molecule has 0 heterocycles. The third-order valence-corrected chi connectivity index (χ3v) is 6.62. The SMILES string of the molecule is C=CCNC(=S)P(=O)(c1ccccc1)c1ccccc1. The van der Waals surface area contributed by atoms with Gasteiger partial charge in [0.1, 0.15) is 4.73 Å². The van der Waals surface area contributed by atoms with Crippen LogP contribution in [0.4, 0.5) is 0 Å². The van der Waals surface area contributed by atoms with Gasteiger partial charge in [0, 0.05) is 17.2 Å². The zero-order valence-corrected chi connectivity index (χ0v) is 12.7. The molecule has 0 aliphatic rings. The lowest BCUT2D eigenvalue weighted by Crippen LogP contribution is -2.30. The van der Waals surface area contributed by atoms with Crippen LogP contribution < -0.4 is 15.9 Å². The van der Waals surface area contributed by atoms with Crippen LogP contribution in [0.1, 0.15) is 0 Å². The van der Waals surface area contributed by atoms with Crippen molar-refractivity contribution in [3.05, 3.63) is 73.3 Å². The molecule has 0 aliphatic carbocycles. The van der Waals surface area contributed by atoms with Crippen molar-refractivity contribution in [2.45, 2.75) is 0 Å². The smallest absolute Gasteiger partial charge is 0.196 e. The molecule has 0 atom stereocenters. The summed E-state index contributed by atoms with van der Waals surface area (Å²) in [5.41, 5.74) is 0. The molecule has 0 amide bonds. The van der Waals surface area contributed by atoms with E-state index in [1.54, 1.807) is 6.08 Å². The first-order chi connectivity index (χ1) is 9.69. The Morgan fingerprint density at radius 3 is 1.90 bits per heavy atom. The van der Waals surface area contributed by atoms with Crippen LogP contribution in [0.15, 0.2) is 73.3 Å². The summed E-state index contributed by atoms with van der Waals surface area (Å²) in [6.45, 7) is 4.15. The molecule has 0 fully saturated rings. The van der Waals surface area contributed by atoms with Crippen molar-refractivity contribution in [2.24, 2.45) is 0 Å². The number of hydrogen-bond acceptors (Lipinski definition) is 2. The highest BCUT2D eigenvalue weighted by molar-refractivity contribution is 8.07. The molecule has 20 heavy (non-hydrogen) atoms. The van der Waals surface area contributed by atoms with Crippen LogP contribution in [-0.2, 0) is 4.57 Å². The second-order valence-corrected chi connectivity index (χ2v) is 7.66. The van der Waals surface area contributed by atoms with E-state index in [1.165, 1.54) is 0 Å². The molecular formula is C16H16NOPS. The largest absolute Gasteiger partial charge is 0.369 e. The molecule has 2 aromatic rings. The number of rotatable bonds is 5. The van der Waals surface area contributed by atoms with Gasteiger partial charge in [-0.1, -0.05) is 79.0 Å². The molecule has 1 N–H and O–H groups in total. The molecule has 2 nitrogen and oxygen atoms in total. The topological polar surface area (TPSA) is 29.1 Å². The summed E-state index contributed by atoms with van der Waals surface area (Å²) in [6, 6.07) is 18.7. The van der Waals surface area contributed by atoms with Gasteiger partial charge in [-0.3, -0.25) is 0 Å². The fourth-order valence-electron chi connectivity index (χ4n) is 1.93. The first-order valence-corrected chi connectivity index (χ1v) is 8.41. The Hall–Kier alpha value is -1.70. The van der Waals surface area contributed by atoms with Crippen LogP contribution in [0.2, 0.25) is 0 Å². The van der Waals surface area contributed by atoms with Crippen molar-refractivity contribution < 1.29 is 4.57 Å². The fraction of sp³-hybridized carbons (Fsp3) is 0.0625. The lowest BCUT2D eigenvalue weighted by molar-refractivity contribution is 0.593. The Morgan fingerprint density at radius 1 is 1.05 bits per heavy atom. The molecule has 0 unspecified atom stereocenters. The van der Waals surface area contributed by atoms with E-state index < -0.39 is 7.14 Å². The number of nitrogens with one attached hydrogen (secondary N) is 1. The molecule has 0 saturated carbocycles. The molecule has 0 spiro atoms. The monoisotopic (exact) mass is 301 g/mol. The summed E-state index contributed by atoms with van der Waals surface area (Å²) in [5, 5.41) is 4.51. The molecule has 0 radical (unpaired) electrons. The number of thiocarbonyl (C=S) groups is 1. The lowest BCUT2D eigenvalue weighted by Gasteiger charge is -2.20. The van der Waals surface area contributed by atoms with Gasteiger partial charge in [-0.15, -0.1) is 6.58 Å². The molecule has 0 bridgehead atoms. The second kappa shape index (κ2) is 6.65. The summed E-state index contributed by atoms with van der Waals surface area (Å²) in [4.78, 5) is 0. The third-order valence-electron chi connectivity index (χ3n) is 2.92. The van der Waals surface area contributed by atoms with Crippen molar-refractivity contribution in [3.8, 4) is 0 Å². The molecule has 0 aliphatic heterocycles. The van der Waals surface area contributed by atoms with Gasteiger partial charge < -0.3 is 9.88 Å². The van der Waals surface area contributed by atoms with Gasteiger partial charge in [0.15, 0.2) is 7.14 Å². The number of hydrogen-bond donors (Lipinski definition) is 1. The van der Waals surface area contributed by atoms with Crippen LogP contribution in [0.25, 0.3) is 0 Å². The highest BCUT2D eigenvalue weighted by Gasteiger charge is 2.31. The summed E-state index contributed by atoms with van der Waals surface area (Å²) >= 11 is 5.40. The first kappa shape index (κ1) is 14.7. The minimum atomic E-state index is -2.97. The van der Waals surface area contributed by atoms with E-state index in [9.17, 15) is 4.57 Å². The van der Waals surface area contributed by atoms with E-state index >= 15 is 0 Å². The molecule has 4 heteroatoms. The van der Waals surface area contributed by atoms with E-state index in [0.29, 0.717) is 11.3 Å². The third kappa shape index (κ3) is 2.90. The van der Waals surface area contributed by atoms with Gasteiger partial charge in [-0.05, 0) is 0 Å². The second-order valence-electron chi connectivity index (χ2n) is 4.26. The Bertz CT molecular complexity index is 597.